The van der Waals surface area contributed by atoms with Crippen molar-refractivity contribution >= 4 is 5.97 Å². The quantitative estimate of drug-likeness (QED) is 0.501. The Morgan fingerprint density at radius 3 is 2.23 bits per heavy atom. The minimum absolute atomic E-state index is 0.205. The smallest absolute Gasteiger partial charge is 0.0990 e. The summed E-state index contributed by atoms with van der Waals surface area (Å²) in [6.45, 7) is 6.23. The Hall–Kier alpha value is -0.610. The zero-order valence-corrected chi connectivity index (χ0v) is 8.58. The number of unbranched alkanes of at least 4 members (excludes halogenated alkanes) is 1. The van der Waals surface area contributed by atoms with Crippen molar-refractivity contribution in [3.8, 4) is 0 Å². The standard InChI is InChI=1S/C5H10O2.C4H11NO/c1-2-3-4-5(6)7;1-2-5-3-4-6/h2-4H2,1H3,(H,6,7);5-6H,2-4H2,1H3. The number of aliphatic hydroxyl groups is 1. The minimum atomic E-state index is -0.943. The fourth-order valence-corrected chi connectivity index (χ4v) is 0.617. The van der Waals surface area contributed by atoms with Gasteiger partial charge in [0, 0.05) is 5.97 Å². The Labute approximate surface area is 80.0 Å². The molecule has 0 atom stereocenters. The van der Waals surface area contributed by atoms with Crippen LogP contribution in [0.3, 0.4) is 0 Å². The van der Waals surface area contributed by atoms with Crippen LogP contribution in [0.5, 0.6) is 0 Å². The van der Waals surface area contributed by atoms with Gasteiger partial charge in [0.2, 0.25) is 0 Å². The van der Waals surface area contributed by atoms with Crippen molar-refractivity contribution in [3.63, 3.8) is 0 Å². The van der Waals surface area contributed by atoms with E-state index in [4.69, 9.17) is 5.11 Å². The van der Waals surface area contributed by atoms with Gasteiger partial charge in [-0.2, -0.15) is 0 Å². The number of likely N-dealkylation sites (N-methyl/N-ethyl adjacent to an activating group) is 1. The molecule has 0 saturated heterocycles. The fraction of sp³-hybridized carbons (Fsp3) is 0.889. The monoisotopic (exact) mass is 191 g/mol. The molecule has 0 aromatic rings. The molecule has 4 nitrogen and oxygen atoms in total. The van der Waals surface area contributed by atoms with E-state index in [0.29, 0.717) is 6.61 Å². The first-order chi connectivity index (χ1) is 6.18. The highest BCUT2D eigenvalue weighted by Gasteiger charge is 1.80. The summed E-state index contributed by atoms with van der Waals surface area (Å²) < 4.78 is 0. The molecule has 13 heavy (non-hydrogen) atoms. The number of carbonyl (C=O) groups is 1. The molecule has 0 aromatic carbocycles. The lowest BCUT2D eigenvalue weighted by molar-refractivity contribution is -0.652. The summed E-state index contributed by atoms with van der Waals surface area (Å²) in [4.78, 5) is 9.65. The van der Waals surface area contributed by atoms with Gasteiger partial charge in [-0.1, -0.05) is 13.3 Å². The molecule has 0 aliphatic carbocycles. The summed E-state index contributed by atoms with van der Waals surface area (Å²) >= 11 is 0. The zero-order chi connectivity index (χ0) is 10.5. The molecule has 0 unspecified atom stereocenters. The number of aliphatic carboxylic acids is 1. The van der Waals surface area contributed by atoms with E-state index in [9.17, 15) is 9.90 Å². The molecule has 0 heterocycles. The maximum Gasteiger partial charge on any atom is 0.0990 e. The Morgan fingerprint density at radius 2 is 2.08 bits per heavy atom. The van der Waals surface area contributed by atoms with E-state index in [2.05, 4.69) is 12.2 Å². The number of carbonyl (C=O) groups excluding carboxylic acids is 1. The molecule has 0 amide bonds. The van der Waals surface area contributed by atoms with Crippen molar-refractivity contribution in [3.05, 3.63) is 0 Å². The Bertz CT molecular complexity index is 103. The van der Waals surface area contributed by atoms with E-state index in [1.807, 2.05) is 6.92 Å². The van der Waals surface area contributed by atoms with Crippen LogP contribution in [0.25, 0.3) is 0 Å². The van der Waals surface area contributed by atoms with E-state index in [0.717, 1.165) is 25.9 Å². The molecule has 0 aromatic heterocycles. The van der Waals surface area contributed by atoms with Gasteiger partial charge in [0.1, 0.15) is 0 Å². The first-order valence-corrected chi connectivity index (χ1v) is 4.81. The second kappa shape index (κ2) is 13.9. The van der Waals surface area contributed by atoms with Gasteiger partial charge < -0.3 is 20.3 Å². The highest BCUT2D eigenvalue weighted by Crippen LogP contribution is 1.89. The molecule has 0 fully saturated rings. The van der Waals surface area contributed by atoms with Crippen molar-refractivity contribution in [2.24, 2.45) is 0 Å². The molecular weight excluding hydrogens is 170 g/mol. The Morgan fingerprint density at radius 1 is 1.46 bits per heavy atom. The molecule has 0 aliphatic rings. The highest BCUT2D eigenvalue weighted by atomic mass is 16.4. The lowest BCUT2D eigenvalue weighted by atomic mass is 10.3. The molecule has 0 aliphatic heterocycles. The van der Waals surface area contributed by atoms with Crippen molar-refractivity contribution in [1.82, 2.24) is 0 Å². The van der Waals surface area contributed by atoms with Crippen LogP contribution in [0.15, 0.2) is 0 Å². The second-order valence-corrected chi connectivity index (χ2v) is 2.68. The van der Waals surface area contributed by atoms with E-state index in [1.165, 1.54) is 0 Å². The van der Waals surface area contributed by atoms with Crippen LogP contribution >= 0.6 is 0 Å². The van der Waals surface area contributed by atoms with E-state index in [-0.39, 0.29) is 6.42 Å². The Kier molecular flexibility index (Phi) is 16.0. The number of rotatable bonds is 6. The van der Waals surface area contributed by atoms with E-state index in [1.54, 1.807) is 0 Å². The third kappa shape index (κ3) is 24.6. The SMILES string of the molecule is CCCCC(=O)[O-].CC[NH2+]CCO. The number of hydrogen-bond acceptors (Lipinski definition) is 3. The highest BCUT2D eigenvalue weighted by molar-refractivity contribution is 5.63. The number of nitrogens with two attached hydrogens (primary N) is 1. The average molecular weight is 191 g/mol. The number of hydrogen-bond donors (Lipinski definition) is 2. The van der Waals surface area contributed by atoms with E-state index >= 15 is 0 Å². The maximum absolute atomic E-state index is 9.65. The average Bonchev–Trinajstić information content (AvgIpc) is 2.12. The molecule has 0 spiro atoms. The first-order valence-electron chi connectivity index (χ1n) is 4.81. The van der Waals surface area contributed by atoms with Gasteiger partial charge >= 0.3 is 0 Å². The molecule has 80 valence electrons. The summed E-state index contributed by atoms with van der Waals surface area (Å²) in [5.74, 6) is -0.943. The van der Waals surface area contributed by atoms with Crippen LogP contribution in [-0.2, 0) is 4.79 Å². The van der Waals surface area contributed by atoms with Gasteiger partial charge in [-0.25, -0.2) is 0 Å². The van der Waals surface area contributed by atoms with Crippen LogP contribution in [0.4, 0.5) is 0 Å². The third-order valence-corrected chi connectivity index (χ3v) is 1.36. The van der Waals surface area contributed by atoms with Crippen LogP contribution < -0.4 is 10.4 Å². The largest absolute Gasteiger partial charge is 0.550 e. The normalized spacial score (nSPS) is 8.85. The summed E-state index contributed by atoms with van der Waals surface area (Å²) in [5, 5.41) is 19.9. The number of aliphatic hydroxyl groups excluding tert-OH is 1. The van der Waals surface area contributed by atoms with Gasteiger partial charge in [-0.05, 0) is 19.8 Å². The Balaban J connectivity index is 0. The number of quaternary nitrogens is 1. The van der Waals surface area contributed by atoms with Crippen molar-refractivity contribution in [2.75, 3.05) is 19.7 Å². The lowest BCUT2D eigenvalue weighted by Gasteiger charge is -1.95. The number of carboxylic acids is 1. The summed E-state index contributed by atoms with van der Waals surface area (Å²) in [7, 11) is 0. The summed E-state index contributed by atoms with van der Waals surface area (Å²) in [6, 6.07) is 0. The molecule has 0 bridgehead atoms. The van der Waals surface area contributed by atoms with Gasteiger partial charge in [-0.3, -0.25) is 0 Å². The molecular formula is C9H21NO3. The molecule has 4 heteroatoms. The summed E-state index contributed by atoms with van der Waals surface area (Å²) in [6.07, 6.45) is 1.87. The molecule has 0 saturated carbocycles. The zero-order valence-electron chi connectivity index (χ0n) is 8.58. The maximum atomic E-state index is 9.65. The predicted octanol–water partition coefficient (Wildman–Crippen LogP) is -1.51. The minimum Gasteiger partial charge on any atom is -0.550 e. The molecule has 0 rings (SSSR count). The van der Waals surface area contributed by atoms with E-state index < -0.39 is 5.97 Å². The third-order valence-electron chi connectivity index (χ3n) is 1.36. The van der Waals surface area contributed by atoms with Gasteiger partial charge in [0.25, 0.3) is 0 Å². The van der Waals surface area contributed by atoms with Crippen molar-refractivity contribution < 1.29 is 20.3 Å². The van der Waals surface area contributed by atoms with Crippen LogP contribution in [0, 0.1) is 0 Å². The van der Waals surface area contributed by atoms with Crippen LogP contribution in [0.1, 0.15) is 33.1 Å². The van der Waals surface area contributed by atoms with Gasteiger partial charge in [0.05, 0.1) is 19.7 Å². The van der Waals surface area contributed by atoms with Crippen molar-refractivity contribution in [2.45, 2.75) is 33.1 Å². The fourth-order valence-electron chi connectivity index (χ4n) is 0.617. The number of carboxylic acid groups (broad SMARTS) is 1. The van der Waals surface area contributed by atoms with Gasteiger partial charge in [0.15, 0.2) is 0 Å². The lowest BCUT2D eigenvalue weighted by Crippen LogP contribution is -2.84. The topological polar surface area (TPSA) is 77.0 Å². The second-order valence-electron chi connectivity index (χ2n) is 2.68. The summed E-state index contributed by atoms with van der Waals surface area (Å²) in [5.41, 5.74) is 0. The van der Waals surface area contributed by atoms with Gasteiger partial charge in [-0.15, -0.1) is 0 Å². The van der Waals surface area contributed by atoms with Crippen molar-refractivity contribution in [1.29, 1.82) is 0 Å². The molecule has 3 N–H and O–H groups in total. The van der Waals surface area contributed by atoms with Crippen LogP contribution in [0.2, 0.25) is 0 Å². The first kappa shape index (κ1) is 14.9. The van der Waals surface area contributed by atoms with Crippen LogP contribution in [-0.4, -0.2) is 30.8 Å². The molecule has 0 radical (unpaired) electrons. The predicted molar refractivity (Wildman–Crippen MR) is 49.0 cm³/mol.